The molecule has 0 aliphatic carbocycles. The molecule has 0 atom stereocenters. The lowest BCUT2D eigenvalue weighted by molar-refractivity contribution is 0.601. The summed E-state index contributed by atoms with van der Waals surface area (Å²) >= 11 is 1.49. The van der Waals surface area contributed by atoms with Crippen molar-refractivity contribution in [2.24, 2.45) is 0 Å². The molecular weight excluding hydrogens is 294 g/mol. The molecule has 2 aromatic heterocycles. The highest BCUT2D eigenvalue weighted by Gasteiger charge is 2.20. The zero-order valence-corrected chi connectivity index (χ0v) is 13.2. The SMILES string of the molecule is CNCc1cc(S(=O)(=O)Nc2ccnc(C)c2)c(C)s1. The van der Waals surface area contributed by atoms with Gasteiger partial charge in [-0.05, 0) is 39.1 Å². The number of aromatic nitrogens is 1. The number of pyridine rings is 1. The van der Waals surface area contributed by atoms with Crippen LogP contribution >= 0.6 is 11.3 Å². The number of rotatable bonds is 5. The third-order valence-electron chi connectivity index (χ3n) is 2.71. The average Bonchev–Trinajstić information content (AvgIpc) is 2.71. The van der Waals surface area contributed by atoms with Gasteiger partial charge in [0, 0.05) is 28.2 Å². The minimum absolute atomic E-state index is 0.335. The highest BCUT2D eigenvalue weighted by Crippen LogP contribution is 2.27. The van der Waals surface area contributed by atoms with Crippen molar-refractivity contribution in [1.29, 1.82) is 0 Å². The first-order valence-electron chi connectivity index (χ1n) is 6.12. The molecule has 2 aromatic rings. The molecule has 0 fully saturated rings. The van der Waals surface area contributed by atoms with Gasteiger partial charge in [0.15, 0.2) is 0 Å². The molecule has 2 rings (SSSR count). The lowest BCUT2D eigenvalue weighted by Crippen LogP contribution is -2.13. The van der Waals surface area contributed by atoms with Gasteiger partial charge in [0.25, 0.3) is 10.0 Å². The summed E-state index contributed by atoms with van der Waals surface area (Å²) in [5.41, 5.74) is 1.29. The molecule has 0 aliphatic rings. The van der Waals surface area contributed by atoms with Crippen LogP contribution in [0.25, 0.3) is 0 Å². The fraction of sp³-hybridized carbons (Fsp3) is 0.308. The fourth-order valence-corrected chi connectivity index (χ4v) is 4.57. The molecule has 2 N–H and O–H groups in total. The first-order valence-corrected chi connectivity index (χ1v) is 8.42. The molecule has 0 unspecified atom stereocenters. The third kappa shape index (κ3) is 3.36. The maximum Gasteiger partial charge on any atom is 0.263 e. The van der Waals surface area contributed by atoms with E-state index in [0.717, 1.165) is 15.4 Å². The van der Waals surface area contributed by atoms with E-state index in [-0.39, 0.29) is 0 Å². The van der Waals surface area contributed by atoms with E-state index in [2.05, 4.69) is 15.0 Å². The van der Waals surface area contributed by atoms with Crippen LogP contribution in [0.5, 0.6) is 0 Å². The largest absolute Gasteiger partial charge is 0.315 e. The molecule has 20 heavy (non-hydrogen) atoms. The van der Waals surface area contributed by atoms with Gasteiger partial charge in [-0.25, -0.2) is 8.42 Å². The average molecular weight is 311 g/mol. The normalized spacial score (nSPS) is 11.6. The van der Waals surface area contributed by atoms with E-state index in [1.54, 1.807) is 24.4 Å². The smallest absolute Gasteiger partial charge is 0.263 e. The number of anilines is 1. The minimum Gasteiger partial charge on any atom is -0.315 e. The van der Waals surface area contributed by atoms with E-state index in [1.165, 1.54) is 11.3 Å². The number of hydrogen-bond donors (Lipinski definition) is 2. The molecule has 5 nitrogen and oxygen atoms in total. The molecule has 0 aromatic carbocycles. The second-order valence-electron chi connectivity index (χ2n) is 4.45. The fourth-order valence-electron chi connectivity index (χ4n) is 1.87. The van der Waals surface area contributed by atoms with Gasteiger partial charge in [0.1, 0.15) is 4.90 Å². The van der Waals surface area contributed by atoms with Crippen LogP contribution < -0.4 is 10.0 Å². The van der Waals surface area contributed by atoms with Crippen LogP contribution in [0.4, 0.5) is 5.69 Å². The van der Waals surface area contributed by atoms with Crippen molar-refractivity contribution in [2.75, 3.05) is 11.8 Å². The van der Waals surface area contributed by atoms with Crippen molar-refractivity contribution in [2.45, 2.75) is 25.3 Å². The first kappa shape index (κ1) is 15.0. The third-order valence-corrected chi connectivity index (χ3v) is 5.40. The van der Waals surface area contributed by atoms with Crippen molar-refractivity contribution in [3.05, 3.63) is 39.8 Å². The van der Waals surface area contributed by atoms with Crippen molar-refractivity contribution in [3.8, 4) is 0 Å². The van der Waals surface area contributed by atoms with E-state index in [9.17, 15) is 8.42 Å². The molecule has 7 heteroatoms. The van der Waals surface area contributed by atoms with E-state index in [4.69, 9.17) is 0 Å². The Labute approximate surface area is 123 Å². The maximum atomic E-state index is 12.4. The summed E-state index contributed by atoms with van der Waals surface area (Å²) in [6.45, 7) is 4.30. The standard InChI is InChI=1S/C13H17N3O2S2/c1-9-6-11(4-5-15-9)16-20(17,18)13-7-12(8-14-3)19-10(13)2/h4-7,14H,8H2,1-3H3,(H,15,16). The number of aryl methyl sites for hydroxylation is 2. The molecule has 108 valence electrons. The van der Waals surface area contributed by atoms with Crippen molar-refractivity contribution >= 4 is 27.0 Å². The molecule has 2 heterocycles. The van der Waals surface area contributed by atoms with Crippen LogP contribution in [0.15, 0.2) is 29.3 Å². The molecule has 0 saturated carbocycles. The second kappa shape index (κ2) is 5.90. The Morgan fingerprint density at radius 3 is 2.70 bits per heavy atom. The number of sulfonamides is 1. The monoisotopic (exact) mass is 311 g/mol. The van der Waals surface area contributed by atoms with Crippen LogP contribution in [0.1, 0.15) is 15.4 Å². The van der Waals surface area contributed by atoms with Crippen molar-refractivity contribution in [1.82, 2.24) is 10.3 Å². The van der Waals surface area contributed by atoms with Gasteiger partial charge in [-0.2, -0.15) is 0 Å². The summed E-state index contributed by atoms with van der Waals surface area (Å²) in [5.74, 6) is 0. The van der Waals surface area contributed by atoms with E-state index in [0.29, 0.717) is 17.1 Å². The molecule has 0 bridgehead atoms. The summed E-state index contributed by atoms with van der Waals surface area (Å²) < 4.78 is 27.4. The topological polar surface area (TPSA) is 71.1 Å². The minimum atomic E-state index is -3.55. The van der Waals surface area contributed by atoms with Gasteiger partial charge in [-0.3, -0.25) is 9.71 Å². The summed E-state index contributed by atoms with van der Waals surface area (Å²) in [5, 5.41) is 3.02. The molecule has 0 radical (unpaired) electrons. The Morgan fingerprint density at radius 1 is 1.30 bits per heavy atom. The van der Waals surface area contributed by atoms with E-state index < -0.39 is 10.0 Å². The lowest BCUT2D eigenvalue weighted by atomic mass is 10.3. The van der Waals surface area contributed by atoms with Crippen LogP contribution in [0.2, 0.25) is 0 Å². The predicted molar refractivity (Wildman–Crippen MR) is 81.6 cm³/mol. The van der Waals surface area contributed by atoms with Gasteiger partial charge in [0.2, 0.25) is 0 Å². The Hall–Kier alpha value is -1.44. The Kier molecular flexibility index (Phi) is 4.42. The van der Waals surface area contributed by atoms with Crippen LogP contribution in [0, 0.1) is 13.8 Å². The number of hydrogen-bond acceptors (Lipinski definition) is 5. The van der Waals surface area contributed by atoms with Crippen LogP contribution in [-0.4, -0.2) is 20.4 Å². The highest BCUT2D eigenvalue weighted by atomic mass is 32.2. The van der Waals surface area contributed by atoms with Gasteiger partial charge >= 0.3 is 0 Å². The van der Waals surface area contributed by atoms with Crippen molar-refractivity contribution in [3.63, 3.8) is 0 Å². The molecule has 0 amide bonds. The van der Waals surface area contributed by atoms with E-state index in [1.807, 2.05) is 20.9 Å². The van der Waals surface area contributed by atoms with Gasteiger partial charge in [0.05, 0.1) is 5.69 Å². The summed E-state index contributed by atoms with van der Waals surface area (Å²) in [4.78, 5) is 6.17. The zero-order chi connectivity index (χ0) is 14.8. The zero-order valence-electron chi connectivity index (χ0n) is 11.6. The molecule has 0 spiro atoms. The van der Waals surface area contributed by atoms with Crippen LogP contribution in [0.3, 0.4) is 0 Å². The summed E-state index contributed by atoms with van der Waals surface area (Å²) in [6, 6.07) is 5.06. The summed E-state index contributed by atoms with van der Waals surface area (Å²) in [6.07, 6.45) is 1.58. The number of nitrogens with one attached hydrogen (secondary N) is 2. The lowest BCUT2D eigenvalue weighted by Gasteiger charge is -2.07. The highest BCUT2D eigenvalue weighted by molar-refractivity contribution is 7.93. The number of nitrogens with zero attached hydrogens (tertiary/aromatic N) is 1. The van der Waals surface area contributed by atoms with Gasteiger partial charge in [-0.15, -0.1) is 11.3 Å². The van der Waals surface area contributed by atoms with Gasteiger partial charge in [-0.1, -0.05) is 0 Å². The quantitative estimate of drug-likeness (QED) is 0.888. The van der Waals surface area contributed by atoms with Gasteiger partial charge < -0.3 is 5.32 Å². The first-order chi connectivity index (χ1) is 9.42. The maximum absolute atomic E-state index is 12.4. The Balaban J connectivity index is 2.30. The molecular formula is C13H17N3O2S2. The second-order valence-corrected chi connectivity index (χ2v) is 7.45. The van der Waals surface area contributed by atoms with Crippen molar-refractivity contribution < 1.29 is 8.42 Å². The Bertz CT molecular complexity index is 708. The number of thiophene rings is 1. The van der Waals surface area contributed by atoms with E-state index >= 15 is 0 Å². The molecule has 0 aliphatic heterocycles. The Morgan fingerprint density at radius 2 is 2.05 bits per heavy atom. The summed E-state index contributed by atoms with van der Waals surface area (Å²) in [7, 11) is -1.72. The molecule has 0 saturated heterocycles. The predicted octanol–water partition coefficient (Wildman–Crippen LogP) is 2.28. The van der Waals surface area contributed by atoms with Crippen LogP contribution in [-0.2, 0) is 16.6 Å².